The van der Waals surface area contributed by atoms with Gasteiger partial charge in [-0.3, -0.25) is 4.40 Å². The number of hydrogen-bond acceptors (Lipinski definition) is 6. The number of imidazole rings is 1. The Morgan fingerprint density at radius 2 is 2.04 bits per heavy atom. The lowest BCUT2D eigenvalue weighted by Crippen LogP contribution is -1.91. The number of aryl methyl sites for hydroxylation is 1. The molecule has 0 spiro atoms. The topological polar surface area (TPSA) is 74.7 Å². The Balaban J connectivity index is 1.67. The van der Waals surface area contributed by atoms with Crippen molar-refractivity contribution in [3.8, 4) is 29.0 Å². The third-order valence-electron chi connectivity index (χ3n) is 3.63. The van der Waals surface area contributed by atoms with Crippen molar-refractivity contribution in [1.82, 2.24) is 19.4 Å². The molecular formula is C17H13ClN4O3. The second-order valence-corrected chi connectivity index (χ2v) is 5.66. The Kier molecular flexibility index (Phi) is 3.77. The highest BCUT2D eigenvalue weighted by molar-refractivity contribution is 6.33. The molecule has 0 radical (unpaired) electrons. The first-order valence-electron chi connectivity index (χ1n) is 7.41. The Morgan fingerprint density at radius 1 is 1.24 bits per heavy atom. The van der Waals surface area contributed by atoms with Gasteiger partial charge >= 0.3 is 6.01 Å². The standard InChI is InChI=1S/C17H13ClN4O3/c1-10-15(22-5-3-4-13(18)16(22)21-10)11-6-14(24-9-11)25-12-7-19-17(23-2)20-8-12/h3-9H,1-2H3. The van der Waals surface area contributed by atoms with Crippen molar-refractivity contribution in [1.29, 1.82) is 0 Å². The van der Waals surface area contributed by atoms with Gasteiger partial charge in [0.15, 0.2) is 11.4 Å². The molecule has 0 bridgehead atoms. The van der Waals surface area contributed by atoms with Crippen LogP contribution in [0.3, 0.4) is 0 Å². The fraction of sp³-hybridized carbons (Fsp3) is 0.118. The van der Waals surface area contributed by atoms with E-state index in [1.54, 1.807) is 18.4 Å². The lowest BCUT2D eigenvalue weighted by molar-refractivity contribution is 0.338. The van der Waals surface area contributed by atoms with Crippen molar-refractivity contribution in [2.75, 3.05) is 7.11 Å². The molecule has 0 atom stereocenters. The summed E-state index contributed by atoms with van der Waals surface area (Å²) in [5, 5.41) is 0.590. The minimum atomic E-state index is 0.269. The summed E-state index contributed by atoms with van der Waals surface area (Å²) in [5.74, 6) is 0.764. The minimum Gasteiger partial charge on any atom is -0.467 e. The average molecular weight is 357 g/mol. The van der Waals surface area contributed by atoms with Crippen LogP contribution in [-0.4, -0.2) is 26.5 Å². The molecule has 0 fully saturated rings. The highest BCUT2D eigenvalue weighted by Crippen LogP contribution is 2.32. The largest absolute Gasteiger partial charge is 0.467 e. The predicted octanol–water partition coefficient (Wildman–Crippen LogP) is 4.15. The summed E-state index contributed by atoms with van der Waals surface area (Å²) < 4.78 is 18.0. The van der Waals surface area contributed by atoms with Crippen LogP contribution in [0.15, 0.2) is 47.5 Å². The van der Waals surface area contributed by atoms with Crippen LogP contribution >= 0.6 is 11.6 Å². The van der Waals surface area contributed by atoms with Gasteiger partial charge < -0.3 is 13.9 Å². The number of hydrogen-bond donors (Lipinski definition) is 0. The van der Waals surface area contributed by atoms with E-state index in [-0.39, 0.29) is 6.01 Å². The summed E-state index contributed by atoms with van der Waals surface area (Å²) in [6, 6.07) is 5.72. The molecule has 8 heteroatoms. The maximum atomic E-state index is 6.21. The lowest BCUT2D eigenvalue weighted by Gasteiger charge is -2.01. The number of fused-ring (bicyclic) bond motifs is 1. The van der Waals surface area contributed by atoms with Crippen LogP contribution in [0.2, 0.25) is 5.02 Å². The molecule has 25 heavy (non-hydrogen) atoms. The molecule has 0 amide bonds. The number of nitrogens with zero attached hydrogens (tertiary/aromatic N) is 4. The molecule has 4 aromatic rings. The maximum Gasteiger partial charge on any atom is 0.316 e. The quantitative estimate of drug-likeness (QED) is 0.547. The maximum absolute atomic E-state index is 6.21. The zero-order chi connectivity index (χ0) is 17.4. The van der Waals surface area contributed by atoms with Gasteiger partial charge in [0, 0.05) is 17.8 Å². The molecule has 7 nitrogen and oxygen atoms in total. The summed E-state index contributed by atoms with van der Waals surface area (Å²) in [6.45, 7) is 1.92. The van der Waals surface area contributed by atoms with Crippen molar-refractivity contribution in [3.63, 3.8) is 0 Å². The van der Waals surface area contributed by atoms with E-state index < -0.39 is 0 Å². The molecule has 0 saturated heterocycles. The SMILES string of the molecule is COc1ncc(Oc2cc(-c3c(C)nc4c(Cl)cccn34)co2)cn1. The van der Waals surface area contributed by atoms with Gasteiger partial charge in [-0.25, -0.2) is 4.98 Å². The second-order valence-electron chi connectivity index (χ2n) is 5.26. The van der Waals surface area contributed by atoms with E-state index in [1.807, 2.05) is 23.6 Å². The molecule has 0 aliphatic carbocycles. The van der Waals surface area contributed by atoms with Crippen molar-refractivity contribution in [2.24, 2.45) is 0 Å². The molecule has 4 aromatic heterocycles. The Bertz CT molecular complexity index is 1040. The molecule has 4 heterocycles. The Labute approximate surface area is 147 Å². The Hall–Kier alpha value is -3.06. The predicted molar refractivity (Wildman–Crippen MR) is 91.3 cm³/mol. The van der Waals surface area contributed by atoms with E-state index in [0.717, 1.165) is 17.0 Å². The Morgan fingerprint density at radius 3 is 2.80 bits per heavy atom. The smallest absolute Gasteiger partial charge is 0.316 e. The van der Waals surface area contributed by atoms with Gasteiger partial charge in [0.2, 0.25) is 0 Å². The number of ether oxygens (including phenoxy) is 2. The first-order chi connectivity index (χ1) is 12.2. The van der Waals surface area contributed by atoms with E-state index in [1.165, 1.54) is 19.5 Å². The number of pyridine rings is 1. The summed E-state index contributed by atoms with van der Waals surface area (Å²) >= 11 is 6.21. The number of methoxy groups -OCH3 is 1. The normalized spacial score (nSPS) is 11.0. The average Bonchev–Trinajstić information content (AvgIpc) is 3.20. The third-order valence-corrected chi connectivity index (χ3v) is 3.93. The van der Waals surface area contributed by atoms with Gasteiger partial charge in [-0.05, 0) is 19.1 Å². The van der Waals surface area contributed by atoms with Crippen LogP contribution < -0.4 is 9.47 Å². The van der Waals surface area contributed by atoms with E-state index in [4.69, 9.17) is 25.5 Å². The highest BCUT2D eigenvalue weighted by Gasteiger charge is 2.16. The van der Waals surface area contributed by atoms with Gasteiger partial charge in [0.1, 0.15) is 6.26 Å². The zero-order valence-corrected chi connectivity index (χ0v) is 14.2. The fourth-order valence-electron chi connectivity index (χ4n) is 2.57. The number of aromatic nitrogens is 4. The van der Waals surface area contributed by atoms with Crippen LogP contribution in [0.25, 0.3) is 16.9 Å². The first-order valence-corrected chi connectivity index (χ1v) is 7.79. The zero-order valence-electron chi connectivity index (χ0n) is 13.4. The van der Waals surface area contributed by atoms with E-state index in [2.05, 4.69) is 15.0 Å². The lowest BCUT2D eigenvalue weighted by atomic mass is 10.2. The van der Waals surface area contributed by atoms with Crippen molar-refractivity contribution >= 4 is 17.2 Å². The molecule has 126 valence electrons. The molecule has 0 saturated carbocycles. The summed E-state index contributed by atoms with van der Waals surface area (Å²) in [5.41, 5.74) is 3.26. The van der Waals surface area contributed by atoms with Crippen molar-refractivity contribution in [3.05, 3.63) is 53.8 Å². The summed E-state index contributed by atoms with van der Waals surface area (Å²) in [6.07, 6.45) is 6.53. The first kappa shape index (κ1) is 15.5. The van der Waals surface area contributed by atoms with Crippen LogP contribution in [0.1, 0.15) is 5.69 Å². The van der Waals surface area contributed by atoms with Gasteiger partial charge in [0.05, 0.1) is 35.9 Å². The highest BCUT2D eigenvalue weighted by atomic mass is 35.5. The molecule has 0 aliphatic rings. The van der Waals surface area contributed by atoms with E-state index in [0.29, 0.717) is 22.4 Å². The summed E-state index contributed by atoms with van der Waals surface area (Å²) in [4.78, 5) is 12.5. The second kappa shape index (κ2) is 6.10. The molecule has 0 N–H and O–H groups in total. The number of halogens is 1. The molecule has 0 aromatic carbocycles. The van der Waals surface area contributed by atoms with Crippen LogP contribution in [0.4, 0.5) is 0 Å². The number of furan rings is 1. The molecule has 0 aliphatic heterocycles. The van der Waals surface area contributed by atoms with Gasteiger partial charge in [0.25, 0.3) is 5.95 Å². The van der Waals surface area contributed by atoms with E-state index >= 15 is 0 Å². The molecule has 0 unspecified atom stereocenters. The third kappa shape index (κ3) is 2.78. The molecular weight excluding hydrogens is 344 g/mol. The van der Waals surface area contributed by atoms with Crippen LogP contribution in [0, 0.1) is 6.92 Å². The van der Waals surface area contributed by atoms with Crippen LogP contribution in [0.5, 0.6) is 17.7 Å². The fourth-order valence-corrected chi connectivity index (χ4v) is 2.77. The van der Waals surface area contributed by atoms with Gasteiger partial charge in [-0.2, -0.15) is 9.97 Å². The van der Waals surface area contributed by atoms with Crippen molar-refractivity contribution in [2.45, 2.75) is 6.92 Å². The van der Waals surface area contributed by atoms with Gasteiger partial charge in [-0.15, -0.1) is 0 Å². The molecule has 4 rings (SSSR count). The van der Waals surface area contributed by atoms with Crippen LogP contribution in [-0.2, 0) is 0 Å². The van der Waals surface area contributed by atoms with E-state index in [9.17, 15) is 0 Å². The number of rotatable bonds is 4. The van der Waals surface area contributed by atoms with Gasteiger partial charge in [-0.1, -0.05) is 11.6 Å². The summed E-state index contributed by atoms with van der Waals surface area (Å²) in [7, 11) is 1.50. The monoisotopic (exact) mass is 356 g/mol. The minimum absolute atomic E-state index is 0.269. The van der Waals surface area contributed by atoms with Crippen molar-refractivity contribution < 1.29 is 13.9 Å².